The van der Waals surface area contributed by atoms with Gasteiger partial charge in [-0.2, -0.15) is 0 Å². The topological polar surface area (TPSA) is 39.1 Å². The van der Waals surface area contributed by atoms with Crippen LogP contribution >= 0.6 is 23.1 Å². The van der Waals surface area contributed by atoms with Crippen molar-refractivity contribution < 1.29 is 4.79 Å². The van der Waals surface area contributed by atoms with E-state index in [4.69, 9.17) is 11.6 Å². The monoisotopic (exact) mass is 289 g/mol. The molecule has 0 unspecified atom stereocenters. The summed E-state index contributed by atoms with van der Waals surface area (Å²) in [6, 6.07) is 13.8. The maximum Gasteiger partial charge on any atom is 0.271 e. The maximum atomic E-state index is 12.4. The lowest BCUT2D eigenvalue weighted by Gasteiger charge is -2.02. The van der Waals surface area contributed by atoms with Gasteiger partial charge in [-0.15, -0.1) is 0 Å². The number of rotatable bonds is 1. The van der Waals surface area contributed by atoms with Crippen molar-refractivity contribution in [1.82, 2.24) is 3.96 Å². The molecular formula is C14H8ClNO2S. The molecule has 3 aromatic rings. The lowest BCUT2D eigenvalue weighted by atomic mass is 10.2. The van der Waals surface area contributed by atoms with Gasteiger partial charge in [-0.3, -0.25) is 9.59 Å². The molecular weight excluding hydrogens is 282 g/mol. The molecule has 1 aromatic heterocycles. The molecule has 5 heteroatoms. The molecule has 94 valence electrons. The summed E-state index contributed by atoms with van der Waals surface area (Å²) in [5.41, 5.74) is 1.09. The molecule has 0 spiro atoms. The van der Waals surface area contributed by atoms with E-state index in [0.29, 0.717) is 21.5 Å². The lowest BCUT2D eigenvalue weighted by Crippen LogP contribution is -2.09. The number of fused-ring (bicyclic) bond motifs is 1. The number of carbonyl (C=O) groups excluding carboxylic acids is 1. The first-order valence-electron chi connectivity index (χ1n) is 5.58. The number of para-hydroxylation sites is 1. The Labute approximate surface area is 117 Å². The van der Waals surface area contributed by atoms with Crippen molar-refractivity contribution >= 4 is 39.9 Å². The zero-order valence-electron chi connectivity index (χ0n) is 9.67. The third-order valence-electron chi connectivity index (χ3n) is 2.77. The van der Waals surface area contributed by atoms with Crippen molar-refractivity contribution in [2.45, 2.75) is 0 Å². The zero-order valence-corrected chi connectivity index (χ0v) is 11.2. The summed E-state index contributed by atoms with van der Waals surface area (Å²) in [6.45, 7) is 0. The highest BCUT2D eigenvalue weighted by Gasteiger charge is 2.15. The van der Waals surface area contributed by atoms with Crippen LogP contribution in [0.1, 0.15) is 10.4 Å². The highest BCUT2D eigenvalue weighted by atomic mass is 35.5. The molecule has 19 heavy (non-hydrogen) atoms. The average molecular weight is 290 g/mol. The number of nitrogens with zero attached hydrogens (tertiary/aromatic N) is 1. The first kappa shape index (κ1) is 12.1. The zero-order chi connectivity index (χ0) is 13.4. The van der Waals surface area contributed by atoms with Crippen molar-refractivity contribution in [1.29, 1.82) is 0 Å². The number of aromatic nitrogens is 1. The minimum absolute atomic E-state index is 0.119. The van der Waals surface area contributed by atoms with Gasteiger partial charge < -0.3 is 0 Å². The van der Waals surface area contributed by atoms with Crippen LogP contribution in [0.25, 0.3) is 10.9 Å². The molecule has 0 atom stereocenters. The molecule has 1 heterocycles. The van der Waals surface area contributed by atoms with E-state index in [2.05, 4.69) is 0 Å². The summed E-state index contributed by atoms with van der Waals surface area (Å²) in [5, 5.41) is 1.05. The predicted octanol–water partition coefficient (Wildman–Crippen LogP) is 3.40. The van der Waals surface area contributed by atoms with E-state index in [1.54, 1.807) is 48.5 Å². The molecule has 0 amide bonds. The molecule has 0 fully saturated rings. The van der Waals surface area contributed by atoms with Crippen LogP contribution in [0.15, 0.2) is 53.3 Å². The van der Waals surface area contributed by atoms with Crippen LogP contribution in [0.2, 0.25) is 5.02 Å². The van der Waals surface area contributed by atoms with Gasteiger partial charge in [0, 0.05) is 10.6 Å². The second-order valence-corrected chi connectivity index (χ2v) is 5.36. The van der Waals surface area contributed by atoms with Crippen molar-refractivity contribution in [3.05, 3.63) is 68.7 Å². The second kappa shape index (κ2) is 4.64. The van der Waals surface area contributed by atoms with Gasteiger partial charge in [0.1, 0.15) is 0 Å². The summed E-state index contributed by atoms with van der Waals surface area (Å²) >= 11 is 6.78. The molecule has 0 radical (unpaired) electrons. The SMILES string of the molecule is O=C(c1cccc(Cl)c1)n1sc(=O)c2ccccc21. The molecule has 0 saturated carbocycles. The van der Waals surface area contributed by atoms with E-state index in [-0.39, 0.29) is 10.6 Å². The molecule has 0 aliphatic carbocycles. The van der Waals surface area contributed by atoms with Crippen LogP contribution in [0.5, 0.6) is 0 Å². The fourth-order valence-electron chi connectivity index (χ4n) is 1.89. The minimum atomic E-state index is -0.245. The Kier molecular flexibility index (Phi) is 2.97. The maximum absolute atomic E-state index is 12.4. The van der Waals surface area contributed by atoms with Gasteiger partial charge in [0.05, 0.1) is 10.9 Å². The highest BCUT2D eigenvalue weighted by Crippen LogP contribution is 2.18. The van der Waals surface area contributed by atoms with Crippen LogP contribution < -0.4 is 4.74 Å². The minimum Gasteiger partial charge on any atom is -0.276 e. The quantitative estimate of drug-likeness (QED) is 0.689. The molecule has 3 nitrogen and oxygen atoms in total. The number of halogens is 1. The Bertz CT molecular complexity index is 835. The molecule has 0 saturated heterocycles. The third kappa shape index (κ3) is 2.09. The van der Waals surface area contributed by atoms with Gasteiger partial charge in [0.15, 0.2) is 0 Å². The Hall–Kier alpha value is -1.91. The van der Waals surface area contributed by atoms with E-state index >= 15 is 0 Å². The van der Waals surface area contributed by atoms with Gasteiger partial charge in [-0.25, -0.2) is 3.96 Å². The summed E-state index contributed by atoms with van der Waals surface area (Å²) < 4.78 is 1.29. The highest BCUT2D eigenvalue weighted by molar-refractivity contribution is 7.06. The van der Waals surface area contributed by atoms with Crippen LogP contribution in [-0.4, -0.2) is 9.86 Å². The van der Waals surface area contributed by atoms with Crippen LogP contribution in [0, 0.1) is 0 Å². The lowest BCUT2D eigenvalue weighted by molar-refractivity contribution is 0.0975. The van der Waals surface area contributed by atoms with Gasteiger partial charge >= 0.3 is 0 Å². The van der Waals surface area contributed by atoms with E-state index < -0.39 is 0 Å². The van der Waals surface area contributed by atoms with E-state index in [9.17, 15) is 9.59 Å². The molecule has 0 N–H and O–H groups in total. The molecule has 2 aromatic carbocycles. The van der Waals surface area contributed by atoms with E-state index in [0.717, 1.165) is 11.5 Å². The van der Waals surface area contributed by atoms with Gasteiger partial charge in [-0.1, -0.05) is 29.8 Å². The number of benzene rings is 2. The van der Waals surface area contributed by atoms with Gasteiger partial charge in [-0.05, 0) is 41.9 Å². The predicted molar refractivity (Wildman–Crippen MR) is 77.3 cm³/mol. The smallest absolute Gasteiger partial charge is 0.271 e. The summed E-state index contributed by atoms with van der Waals surface area (Å²) in [5.74, 6) is -0.245. The number of carbonyl (C=O) groups is 1. The van der Waals surface area contributed by atoms with E-state index in [1.807, 2.05) is 0 Å². The van der Waals surface area contributed by atoms with Crippen LogP contribution in [0.4, 0.5) is 0 Å². The van der Waals surface area contributed by atoms with Crippen molar-refractivity contribution in [2.75, 3.05) is 0 Å². The van der Waals surface area contributed by atoms with E-state index in [1.165, 1.54) is 3.96 Å². The molecule has 0 aliphatic rings. The average Bonchev–Trinajstić information content (AvgIpc) is 2.76. The normalized spacial score (nSPS) is 10.8. The summed E-state index contributed by atoms with van der Waals surface area (Å²) in [7, 11) is 0. The van der Waals surface area contributed by atoms with Crippen LogP contribution in [-0.2, 0) is 0 Å². The first-order valence-corrected chi connectivity index (χ1v) is 6.73. The van der Waals surface area contributed by atoms with Crippen molar-refractivity contribution in [2.24, 2.45) is 0 Å². The standard InChI is InChI=1S/C14H8ClNO2S/c15-10-5-3-4-9(8-10)13(17)16-12-7-2-1-6-11(12)14(18)19-16/h1-8H. The first-order chi connectivity index (χ1) is 9.16. The molecule has 0 bridgehead atoms. The Morgan fingerprint density at radius 1 is 1.11 bits per heavy atom. The summed E-state index contributed by atoms with van der Waals surface area (Å²) in [6.07, 6.45) is 0. The number of hydrogen-bond donors (Lipinski definition) is 0. The number of hydrogen-bond acceptors (Lipinski definition) is 3. The van der Waals surface area contributed by atoms with Gasteiger partial charge in [0.2, 0.25) is 0 Å². The second-order valence-electron chi connectivity index (χ2n) is 4.01. The molecule has 0 aliphatic heterocycles. The Morgan fingerprint density at radius 3 is 2.68 bits per heavy atom. The summed E-state index contributed by atoms with van der Waals surface area (Å²) in [4.78, 5) is 24.2. The Balaban J connectivity index is 2.20. The fraction of sp³-hybridized carbons (Fsp3) is 0. The van der Waals surface area contributed by atoms with Crippen LogP contribution in [0.3, 0.4) is 0 Å². The van der Waals surface area contributed by atoms with Crippen molar-refractivity contribution in [3.63, 3.8) is 0 Å². The van der Waals surface area contributed by atoms with Gasteiger partial charge in [0.25, 0.3) is 10.6 Å². The Morgan fingerprint density at radius 2 is 1.89 bits per heavy atom. The largest absolute Gasteiger partial charge is 0.276 e. The third-order valence-corrected chi connectivity index (χ3v) is 3.94. The van der Waals surface area contributed by atoms with Crippen molar-refractivity contribution in [3.8, 4) is 0 Å². The fourth-order valence-corrected chi connectivity index (χ4v) is 2.97. The molecule has 3 rings (SSSR count).